The maximum Gasteiger partial charge on any atom is 0.341 e. The molecule has 170 valence electrons. The molecule has 6 heteroatoms. The number of fused-ring (bicyclic) bond motifs is 1. The quantitative estimate of drug-likeness (QED) is 0.406. The molecule has 0 spiro atoms. The summed E-state index contributed by atoms with van der Waals surface area (Å²) in [6.07, 6.45) is 3.54. The summed E-state index contributed by atoms with van der Waals surface area (Å²) in [5.41, 5.74) is 5.93. The number of aliphatic carboxylic acids is 1. The van der Waals surface area contributed by atoms with E-state index in [9.17, 15) is 4.79 Å². The van der Waals surface area contributed by atoms with Crippen molar-refractivity contribution in [2.24, 2.45) is 0 Å². The van der Waals surface area contributed by atoms with Gasteiger partial charge in [-0.1, -0.05) is 72.8 Å². The molecule has 0 amide bonds. The van der Waals surface area contributed by atoms with Crippen molar-refractivity contribution in [2.75, 3.05) is 18.6 Å². The molecule has 1 aliphatic carbocycles. The first-order valence-electron chi connectivity index (χ1n) is 11.3. The predicted molar refractivity (Wildman–Crippen MR) is 132 cm³/mol. The van der Waals surface area contributed by atoms with E-state index in [-0.39, 0.29) is 12.6 Å². The monoisotopic (exact) mass is 451 g/mol. The summed E-state index contributed by atoms with van der Waals surface area (Å²) in [5, 5.41) is 8.99. The van der Waals surface area contributed by atoms with Crippen LogP contribution >= 0.6 is 0 Å². The molecular formula is C28H25N3O3. The third-order valence-electron chi connectivity index (χ3n) is 6.23. The van der Waals surface area contributed by atoms with E-state index in [0.29, 0.717) is 5.75 Å². The molecular weight excluding hydrogens is 426 g/mol. The minimum atomic E-state index is -0.980. The average molecular weight is 452 g/mol. The molecule has 6 nitrogen and oxygen atoms in total. The van der Waals surface area contributed by atoms with Crippen LogP contribution in [0.4, 0.5) is 5.82 Å². The second-order valence-corrected chi connectivity index (χ2v) is 8.33. The van der Waals surface area contributed by atoms with Crippen molar-refractivity contribution in [2.45, 2.75) is 18.9 Å². The van der Waals surface area contributed by atoms with Gasteiger partial charge < -0.3 is 14.7 Å². The molecule has 0 fully saturated rings. The Bertz CT molecular complexity index is 1310. The van der Waals surface area contributed by atoms with Gasteiger partial charge in [0.05, 0.1) is 23.6 Å². The van der Waals surface area contributed by atoms with Gasteiger partial charge in [-0.15, -0.1) is 0 Å². The van der Waals surface area contributed by atoms with Crippen LogP contribution in [0.1, 0.15) is 23.6 Å². The smallest absolute Gasteiger partial charge is 0.341 e. The molecule has 1 unspecified atom stereocenters. The van der Waals surface area contributed by atoms with Gasteiger partial charge >= 0.3 is 5.97 Å². The molecule has 0 saturated heterocycles. The normalized spacial score (nSPS) is 14.4. The largest absolute Gasteiger partial charge is 0.482 e. The van der Waals surface area contributed by atoms with E-state index >= 15 is 0 Å². The first-order chi connectivity index (χ1) is 16.6. The second-order valence-electron chi connectivity index (χ2n) is 8.33. The van der Waals surface area contributed by atoms with E-state index in [1.807, 2.05) is 73.9 Å². The van der Waals surface area contributed by atoms with Crippen LogP contribution in [0.2, 0.25) is 0 Å². The Morgan fingerprint density at radius 3 is 2.32 bits per heavy atom. The third kappa shape index (κ3) is 4.22. The van der Waals surface area contributed by atoms with Crippen LogP contribution in [0.25, 0.3) is 22.5 Å². The number of benzene rings is 3. The molecule has 0 radical (unpaired) electrons. The van der Waals surface area contributed by atoms with Crippen molar-refractivity contribution in [3.8, 4) is 28.3 Å². The van der Waals surface area contributed by atoms with Gasteiger partial charge in [0.1, 0.15) is 11.6 Å². The maximum absolute atomic E-state index is 11.0. The number of hydrogen-bond donors (Lipinski definition) is 1. The Kier molecular flexibility index (Phi) is 5.95. The summed E-state index contributed by atoms with van der Waals surface area (Å²) in [6.45, 7) is -0.343. The van der Waals surface area contributed by atoms with Gasteiger partial charge in [-0.3, -0.25) is 4.98 Å². The minimum absolute atomic E-state index is 0.101. The van der Waals surface area contributed by atoms with Crippen molar-refractivity contribution >= 4 is 11.8 Å². The minimum Gasteiger partial charge on any atom is -0.482 e. The van der Waals surface area contributed by atoms with Gasteiger partial charge in [0.15, 0.2) is 6.61 Å². The third-order valence-corrected chi connectivity index (χ3v) is 6.23. The Morgan fingerprint density at radius 1 is 0.971 bits per heavy atom. The molecule has 3 aromatic carbocycles. The van der Waals surface area contributed by atoms with Crippen LogP contribution in [0.15, 0.2) is 85.1 Å². The van der Waals surface area contributed by atoms with Gasteiger partial charge in [-0.05, 0) is 30.0 Å². The number of hydrogen-bond acceptors (Lipinski definition) is 5. The molecule has 1 aromatic heterocycles. The maximum atomic E-state index is 11.0. The highest BCUT2D eigenvalue weighted by Crippen LogP contribution is 2.41. The van der Waals surface area contributed by atoms with E-state index < -0.39 is 5.97 Å². The zero-order valence-electron chi connectivity index (χ0n) is 18.9. The topological polar surface area (TPSA) is 75.5 Å². The van der Waals surface area contributed by atoms with E-state index in [1.165, 1.54) is 0 Å². The number of carboxylic acid groups (broad SMARTS) is 1. The van der Waals surface area contributed by atoms with E-state index in [4.69, 9.17) is 19.8 Å². The lowest BCUT2D eigenvalue weighted by atomic mass is 10.0. The highest BCUT2D eigenvalue weighted by molar-refractivity contribution is 5.78. The predicted octanol–water partition coefficient (Wildman–Crippen LogP) is 5.40. The Labute approximate surface area is 198 Å². The van der Waals surface area contributed by atoms with Crippen molar-refractivity contribution < 1.29 is 14.6 Å². The Morgan fingerprint density at radius 2 is 1.65 bits per heavy atom. The molecule has 1 atom stereocenters. The number of rotatable bonds is 7. The average Bonchev–Trinajstić information content (AvgIpc) is 3.32. The molecule has 0 bridgehead atoms. The summed E-state index contributed by atoms with van der Waals surface area (Å²) in [7, 11) is 2.03. The van der Waals surface area contributed by atoms with E-state index in [0.717, 1.165) is 52.3 Å². The molecule has 5 rings (SSSR count). The standard InChI is InChI=1S/C28H25N3O3/c1-31(23-16-15-22-21(23)13-8-14-24(22)34-18-26(32)33)25-17-29-27(19-9-4-2-5-10-19)28(30-25)20-11-6-3-7-12-20/h2-14,17,23H,15-16,18H2,1H3,(H,32,33). The van der Waals surface area contributed by atoms with Gasteiger partial charge in [0.25, 0.3) is 0 Å². The van der Waals surface area contributed by atoms with Crippen molar-refractivity contribution in [1.29, 1.82) is 0 Å². The molecule has 34 heavy (non-hydrogen) atoms. The van der Waals surface area contributed by atoms with Crippen molar-refractivity contribution in [3.05, 3.63) is 96.2 Å². The Hall–Kier alpha value is -4.19. The zero-order chi connectivity index (χ0) is 23.5. The number of ether oxygens (including phenoxy) is 1. The second kappa shape index (κ2) is 9.35. The fraction of sp³-hybridized carbons (Fsp3) is 0.179. The van der Waals surface area contributed by atoms with E-state index in [1.54, 1.807) is 0 Å². The lowest BCUT2D eigenvalue weighted by molar-refractivity contribution is -0.139. The Balaban J connectivity index is 1.51. The zero-order valence-corrected chi connectivity index (χ0v) is 18.9. The SMILES string of the molecule is CN(c1cnc(-c2ccccc2)c(-c2ccccc2)n1)C1CCc2c(OCC(=O)O)cccc21. The molecule has 4 aromatic rings. The molecule has 0 saturated carbocycles. The lowest BCUT2D eigenvalue weighted by Gasteiger charge is -2.27. The van der Waals surface area contributed by atoms with Crippen LogP contribution < -0.4 is 9.64 Å². The fourth-order valence-electron chi connectivity index (χ4n) is 4.59. The number of anilines is 1. The molecule has 0 aliphatic heterocycles. The van der Waals surface area contributed by atoms with E-state index in [2.05, 4.69) is 23.1 Å². The summed E-state index contributed by atoms with van der Waals surface area (Å²) >= 11 is 0. The number of aromatic nitrogens is 2. The summed E-state index contributed by atoms with van der Waals surface area (Å²) in [5.74, 6) is 0.450. The van der Waals surface area contributed by atoms with Crippen molar-refractivity contribution in [1.82, 2.24) is 9.97 Å². The van der Waals surface area contributed by atoms with Crippen LogP contribution in [-0.4, -0.2) is 34.7 Å². The molecule has 1 aliphatic rings. The number of carbonyl (C=O) groups is 1. The highest BCUT2D eigenvalue weighted by atomic mass is 16.5. The van der Waals surface area contributed by atoms with Gasteiger partial charge in [-0.25, -0.2) is 9.78 Å². The number of carboxylic acids is 1. The summed E-state index contributed by atoms with van der Waals surface area (Å²) < 4.78 is 5.54. The van der Waals surface area contributed by atoms with Crippen LogP contribution in [0.5, 0.6) is 5.75 Å². The van der Waals surface area contributed by atoms with Gasteiger partial charge in [0, 0.05) is 18.2 Å². The van der Waals surface area contributed by atoms with Gasteiger partial charge in [-0.2, -0.15) is 0 Å². The first-order valence-corrected chi connectivity index (χ1v) is 11.3. The van der Waals surface area contributed by atoms with Gasteiger partial charge in [0.2, 0.25) is 0 Å². The van der Waals surface area contributed by atoms with Crippen molar-refractivity contribution in [3.63, 3.8) is 0 Å². The first kappa shape index (κ1) is 21.6. The fourth-order valence-corrected chi connectivity index (χ4v) is 4.59. The summed E-state index contributed by atoms with van der Waals surface area (Å²) in [4.78, 5) is 23.0. The molecule has 1 N–H and O–H groups in total. The lowest BCUT2D eigenvalue weighted by Crippen LogP contribution is -2.23. The number of nitrogens with zero attached hydrogens (tertiary/aromatic N) is 3. The van der Waals surface area contributed by atoms with Crippen LogP contribution in [-0.2, 0) is 11.2 Å². The van der Waals surface area contributed by atoms with Crippen LogP contribution in [0.3, 0.4) is 0 Å². The highest BCUT2D eigenvalue weighted by Gasteiger charge is 2.30. The summed E-state index contributed by atoms with van der Waals surface area (Å²) in [6, 6.07) is 26.2. The van der Waals surface area contributed by atoms with Crippen LogP contribution in [0, 0.1) is 0 Å². The molecule has 1 heterocycles.